The van der Waals surface area contributed by atoms with Gasteiger partial charge < -0.3 is 4.74 Å². The number of carbonyl (C=O) groups excluding carboxylic acids is 1. The Balaban J connectivity index is 1.83. The van der Waals surface area contributed by atoms with E-state index in [0.717, 1.165) is 19.3 Å². The Bertz CT molecular complexity index is 237. The van der Waals surface area contributed by atoms with Crippen LogP contribution in [0.5, 0.6) is 0 Å². The number of ether oxygens (including phenoxy) is 1. The van der Waals surface area contributed by atoms with E-state index >= 15 is 0 Å². The number of carbonyl (C=O) groups is 1. The van der Waals surface area contributed by atoms with Gasteiger partial charge in [-0.1, -0.05) is 20.3 Å². The predicted octanol–water partition coefficient (Wildman–Crippen LogP) is 3.15. The van der Waals surface area contributed by atoms with Crippen LogP contribution in [0.15, 0.2) is 0 Å². The van der Waals surface area contributed by atoms with Crippen molar-refractivity contribution >= 4 is 5.97 Å². The fraction of sp³-hybridized carbons (Fsp3) is 0.923. The van der Waals surface area contributed by atoms with Gasteiger partial charge in [0.1, 0.15) is 6.10 Å². The Morgan fingerprint density at radius 3 is 2.60 bits per heavy atom. The number of hydrogen-bond acceptors (Lipinski definition) is 2. The van der Waals surface area contributed by atoms with Crippen molar-refractivity contribution in [2.45, 2.75) is 58.5 Å². The number of rotatable bonds is 3. The Morgan fingerprint density at radius 2 is 2.00 bits per heavy atom. The summed E-state index contributed by atoms with van der Waals surface area (Å²) in [6, 6.07) is 0. The molecule has 15 heavy (non-hydrogen) atoms. The molecule has 0 heterocycles. The topological polar surface area (TPSA) is 26.3 Å². The third-order valence-electron chi connectivity index (χ3n) is 4.04. The zero-order valence-electron chi connectivity index (χ0n) is 9.87. The van der Waals surface area contributed by atoms with Gasteiger partial charge in [0.05, 0.1) is 5.92 Å². The third kappa shape index (κ3) is 2.53. The highest BCUT2D eigenvalue weighted by atomic mass is 16.5. The maximum atomic E-state index is 11.7. The average molecular weight is 210 g/mol. The van der Waals surface area contributed by atoms with E-state index in [2.05, 4.69) is 13.8 Å². The van der Waals surface area contributed by atoms with Crippen molar-refractivity contribution in [3.8, 4) is 0 Å². The molecule has 2 aliphatic rings. The highest BCUT2D eigenvalue weighted by molar-refractivity contribution is 5.75. The van der Waals surface area contributed by atoms with Gasteiger partial charge in [0.25, 0.3) is 0 Å². The normalized spacial score (nSPS) is 39.9. The van der Waals surface area contributed by atoms with Gasteiger partial charge in [-0.05, 0) is 43.9 Å². The van der Waals surface area contributed by atoms with Crippen LogP contribution in [0.4, 0.5) is 0 Å². The fourth-order valence-corrected chi connectivity index (χ4v) is 2.68. The summed E-state index contributed by atoms with van der Waals surface area (Å²) >= 11 is 0. The standard InChI is InChI=1S/C13H22O2/c1-3-10-6-4-5-7-12(10)15-13(14)11-8-9(11)2/h9-12H,3-8H2,1-2H3. The lowest BCUT2D eigenvalue weighted by atomic mass is 9.85. The summed E-state index contributed by atoms with van der Waals surface area (Å²) in [6.07, 6.45) is 7.30. The molecule has 0 saturated heterocycles. The second-order valence-corrected chi connectivity index (χ2v) is 5.25. The molecule has 2 saturated carbocycles. The first-order valence-corrected chi connectivity index (χ1v) is 6.42. The van der Waals surface area contributed by atoms with Crippen LogP contribution in [-0.2, 0) is 9.53 Å². The molecule has 0 bridgehead atoms. The quantitative estimate of drug-likeness (QED) is 0.669. The minimum Gasteiger partial charge on any atom is -0.462 e. The Morgan fingerprint density at radius 1 is 1.33 bits per heavy atom. The van der Waals surface area contributed by atoms with E-state index < -0.39 is 0 Å². The smallest absolute Gasteiger partial charge is 0.309 e. The zero-order chi connectivity index (χ0) is 10.8. The largest absolute Gasteiger partial charge is 0.462 e. The second-order valence-electron chi connectivity index (χ2n) is 5.25. The van der Waals surface area contributed by atoms with Crippen molar-refractivity contribution < 1.29 is 9.53 Å². The van der Waals surface area contributed by atoms with Crippen LogP contribution in [0.2, 0.25) is 0 Å². The molecule has 2 nitrogen and oxygen atoms in total. The van der Waals surface area contributed by atoms with Crippen molar-refractivity contribution in [2.24, 2.45) is 17.8 Å². The average Bonchev–Trinajstić information content (AvgIpc) is 2.96. The zero-order valence-corrected chi connectivity index (χ0v) is 9.87. The summed E-state index contributed by atoms with van der Waals surface area (Å²) in [6.45, 7) is 4.33. The predicted molar refractivity (Wildman–Crippen MR) is 59.4 cm³/mol. The van der Waals surface area contributed by atoms with Gasteiger partial charge >= 0.3 is 5.97 Å². The van der Waals surface area contributed by atoms with Gasteiger partial charge in [-0.15, -0.1) is 0 Å². The van der Waals surface area contributed by atoms with Crippen LogP contribution in [-0.4, -0.2) is 12.1 Å². The van der Waals surface area contributed by atoms with Gasteiger partial charge in [-0.2, -0.15) is 0 Å². The molecule has 2 fully saturated rings. The van der Waals surface area contributed by atoms with E-state index in [9.17, 15) is 4.79 Å². The summed E-state index contributed by atoms with van der Waals surface area (Å²) in [5, 5.41) is 0. The lowest BCUT2D eigenvalue weighted by Crippen LogP contribution is -2.30. The molecule has 2 heteroatoms. The van der Waals surface area contributed by atoms with Crippen molar-refractivity contribution in [3.63, 3.8) is 0 Å². The summed E-state index contributed by atoms with van der Waals surface area (Å²) in [5.74, 6) is 1.50. The summed E-state index contributed by atoms with van der Waals surface area (Å²) in [5.41, 5.74) is 0. The molecule has 4 unspecified atom stereocenters. The molecular weight excluding hydrogens is 188 g/mol. The monoisotopic (exact) mass is 210 g/mol. The van der Waals surface area contributed by atoms with E-state index in [1.807, 2.05) is 0 Å². The van der Waals surface area contributed by atoms with Crippen molar-refractivity contribution in [1.29, 1.82) is 0 Å². The SMILES string of the molecule is CCC1CCCCC1OC(=O)C1CC1C. The van der Waals surface area contributed by atoms with Crippen LogP contribution in [0.25, 0.3) is 0 Å². The van der Waals surface area contributed by atoms with Crippen molar-refractivity contribution in [3.05, 3.63) is 0 Å². The maximum absolute atomic E-state index is 11.7. The molecule has 2 rings (SSSR count). The third-order valence-corrected chi connectivity index (χ3v) is 4.04. The molecule has 0 aromatic rings. The molecule has 0 radical (unpaired) electrons. The minimum absolute atomic E-state index is 0.0767. The van der Waals surface area contributed by atoms with E-state index in [4.69, 9.17) is 4.74 Å². The first-order valence-electron chi connectivity index (χ1n) is 6.42. The highest BCUT2D eigenvalue weighted by Crippen LogP contribution is 2.40. The molecule has 86 valence electrons. The minimum atomic E-state index is 0.0767. The molecule has 0 amide bonds. The highest BCUT2D eigenvalue weighted by Gasteiger charge is 2.42. The molecule has 2 aliphatic carbocycles. The molecule has 0 aromatic carbocycles. The van der Waals surface area contributed by atoms with Crippen LogP contribution in [0.3, 0.4) is 0 Å². The van der Waals surface area contributed by atoms with Crippen LogP contribution < -0.4 is 0 Å². The summed E-state index contributed by atoms with van der Waals surface area (Å²) in [7, 11) is 0. The molecular formula is C13H22O2. The lowest BCUT2D eigenvalue weighted by molar-refractivity contribution is -0.155. The van der Waals surface area contributed by atoms with Crippen molar-refractivity contribution in [1.82, 2.24) is 0 Å². The van der Waals surface area contributed by atoms with Crippen molar-refractivity contribution in [2.75, 3.05) is 0 Å². The fourth-order valence-electron chi connectivity index (χ4n) is 2.68. The van der Waals surface area contributed by atoms with Gasteiger partial charge in [0.15, 0.2) is 0 Å². The van der Waals surface area contributed by atoms with Crippen LogP contribution in [0.1, 0.15) is 52.4 Å². The summed E-state index contributed by atoms with van der Waals surface area (Å²) in [4.78, 5) is 11.7. The first kappa shape index (κ1) is 11.0. The van der Waals surface area contributed by atoms with E-state index in [1.54, 1.807) is 0 Å². The van der Waals surface area contributed by atoms with Crippen LogP contribution >= 0.6 is 0 Å². The van der Waals surface area contributed by atoms with Crippen LogP contribution in [0, 0.1) is 17.8 Å². The Kier molecular flexibility index (Phi) is 3.32. The van der Waals surface area contributed by atoms with Gasteiger partial charge in [0.2, 0.25) is 0 Å². The maximum Gasteiger partial charge on any atom is 0.309 e. The Labute approximate surface area is 92.4 Å². The first-order chi connectivity index (χ1) is 7.22. The van der Waals surface area contributed by atoms with E-state index in [0.29, 0.717) is 11.8 Å². The van der Waals surface area contributed by atoms with Gasteiger partial charge in [0, 0.05) is 0 Å². The van der Waals surface area contributed by atoms with Gasteiger partial charge in [-0.25, -0.2) is 0 Å². The summed E-state index contributed by atoms with van der Waals surface area (Å²) < 4.78 is 5.65. The lowest BCUT2D eigenvalue weighted by Gasteiger charge is -2.30. The number of hydrogen-bond donors (Lipinski definition) is 0. The second kappa shape index (κ2) is 4.54. The number of esters is 1. The van der Waals surface area contributed by atoms with E-state index in [1.165, 1.54) is 19.3 Å². The molecule has 0 N–H and O–H groups in total. The Hall–Kier alpha value is -0.530. The molecule has 0 aliphatic heterocycles. The molecule has 4 atom stereocenters. The van der Waals surface area contributed by atoms with E-state index in [-0.39, 0.29) is 18.0 Å². The van der Waals surface area contributed by atoms with Gasteiger partial charge in [-0.3, -0.25) is 4.79 Å². The molecule has 0 aromatic heterocycles. The molecule has 0 spiro atoms.